The molecule has 0 aromatic carbocycles. The number of oxime groups is 1. The molecule has 0 amide bonds. The highest BCUT2D eigenvalue weighted by Crippen LogP contribution is 2.10. The van der Waals surface area contributed by atoms with Crippen molar-refractivity contribution in [2.75, 3.05) is 6.61 Å². The summed E-state index contributed by atoms with van der Waals surface area (Å²) in [5.41, 5.74) is 5.81. The fourth-order valence-corrected chi connectivity index (χ4v) is 1.08. The van der Waals surface area contributed by atoms with Crippen molar-refractivity contribution in [1.82, 2.24) is 4.98 Å². The van der Waals surface area contributed by atoms with Gasteiger partial charge in [-0.1, -0.05) is 19.0 Å². The van der Waals surface area contributed by atoms with Crippen LogP contribution in [0.2, 0.25) is 0 Å². The molecule has 88 valence electrons. The van der Waals surface area contributed by atoms with Crippen molar-refractivity contribution >= 4 is 5.84 Å². The minimum absolute atomic E-state index is 0.00581. The summed E-state index contributed by atoms with van der Waals surface area (Å²) in [5, 5.41) is 11.3. The fourth-order valence-electron chi connectivity index (χ4n) is 1.08. The second kappa shape index (κ2) is 5.95. The zero-order chi connectivity index (χ0) is 12.0. The molecule has 0 aliphatic carbocycles. The molecule has 1 heterocycles. The van der Waals surface area contributed by atoms with Crippen LogP contribution in [0.4, 0.5) is 0 Å². The molecule has 3 N–H and O–H groups in total. The van der Waals surface area contributed by atoms with E-state index in [1.807, 2.05) is 0 Å². The molecule has 0 saturated heterocycles. The predicted octanol–water partition coefficient (Wildman–Crippen LogP) is 1.60. The van der Waals surface area contributed by atoms with Gasteiger partial charge in [0.2, 0.25) is 0 Å². The lowest BCUT2D eigenvalue weighted by Gasteiger charge is -2.07. The smallest absolute Gasteiger partial charge is 0.188 e. The fraction of sp³-hybridized carbons (Fsp3) is 0.455. The highest BCUT2D eigenvalue weighted by atomic mass is 16.5. The number of ether oxygens (including phenoxy) is 1. The third kappa shape index (κ3) is 3.76. The lowest BCUT2D eigenvalue weighted by atomic mass is 10.1. The summed E-state index contributed by atoms with van der Waals surface area (Å²) in [7, 11) is 0. The summed E-state index contributed by atoms with van der Waals surface area (Å²) in [5.74, 6) is 1.30. The van der Waals surface area contributed by atoms with Crippen molar-refractivity contribution in [1.29, 1.82) is 0 Å². The zero-order valence-corrected chi connectivity index (χ0v) is 9.55. The average Bonchev–Trinajstić information content (AvgIpc) is 2.28. The van der Waals surface area contributed by atoms with Crippen LogP contribution in [-0.2, 0) is 0 Å². The Hall–Kier alpha value is -1.78. The topological polar surface area (TPSA) is 80.7 Å². The van der Waals surface area contributed by atoms with Crippen LogP contribution in [0, 0.1) is 5.92 Å². The van der Waals surface area contributed by atoms with Crippen LogP contribution in [0.3, 0.4) is 0 Å². The number of aromatic nitrogens is 1. The van der Waals surface area contributed by atoms with E-state index in [-0.39, 0.29) is 5.84 Å². The molecule has 0 radical (unpaired) electrons. The van der Waals surface area contributed by atoms with Gasteiger partial charge in [-0.15, -0.1) is 0 Å². The number of rotatable bonds is 5. The van der Waals surface area contributed by atoms with Crippen molar-refractivity contribution in [2.45, 2.75) is 20.3 Å². The van der Waals surface area contributed by atoms with Gasteiger partial charge in [0.15, 0.2) is 5.84 Å². The standard InChI is InChI=1S/C11H17N3O2/c1-8(2)5-6-16-9-3-4-10(13-7-9)11(12)14-15/h3-4,7-8,15H,5-6H2,1-2H3,(H2,12,14). The van der Waals surface area contributed by atoms with Gasteiger partial charge in [-0.25, -0.2) is 4.98 Å². The van der Waals surface area contributed by atoms with E-state index in [0.717, 1.165) is 6.42 Å². The van der Waals surface area contributed by atoms with Gasteiger partial charge < -0.3 is 15.7 Å². The molecular weight excluding hydrogens is 206 g/mol. The molecule has 16 heavy (non-hydrogen) atoms. The number of nitrogens with zero attached hydrogens (tertiary/aromatic N) is 2. The highest BCUT2D eigenvalue weighted by Gasteiger charge is 2.01. The van der Waals surface area contributed by atoms with Gasteiger partial charge in [-0.05, 0) is 24.5 Å². The van der Waals surface area contributed by atoms with Crippen molar-refractivity contribution in [3.8, 4) is 5.75 Å². The Morgan fingerprint density at radius 2 is 2.31 bits per heavy atom. The van der Waals surface area contributed by atoms with Gasteiger partial charge in [0.05, 0.1) is 12.8 Å². The Balaban J connectivity index is 2.52. The summed E-state index contributed by atoms with van der Waals surface area (Å²) < 4.78 is 5.48. The van der Waals surface area contributed by atoms with Gasteiger partial charge in [-0.3, -0.25) is 0 Å². The molecule has 0 atom stereocenters. The van der Waals surface area contributed by atoms with Gasteiger partial charge >= 0.3 is 0 Å². The van der Waals surface area contributed by atoms with E-state index < -0.39 is 0 Å². The molecular formula is C11H17N3O2. The first-order valence-corrected chi connectivity index (χ1v) is 5.20. The zero-order valence-electron chi connectivity index (χ0n) is 9.55. The summed E-state index contributed by atoms with van der Waals surface area (Å²) in [6.07, 6.45) is 2.57. The normalized spacial score (nSPS) is 11.8. The molecule has 0 saturated carbocycles. The average molecular weight is 223 g/mol. The van der Waals surface area contributed by atoms with Gasteiger partial charge in [0.1, 0.15) is 11.4 Å². The third-order valence-electron chi connectivity index (χ3n) is 2.07. The maximum atomic E-state index is 8.45. The Bertz CT molecular complexity index is 347. The third-order valence-corrected chi connectivity index (χ3v) is 2.07. The second-order valence-electron chi connectivity index (χ2n) is 3.90. The molecule has 0 bridgehead atoms. The monoisotopic (exact) mass is 223 g/mol. The van der Waals surface area contributed by atoms with E-state index in [2.05, 4.69) is 24.0 Å². The van der Waals surface area contributed by atoms with Crippen LogP contribution in [0.5, 0.6) is 5.75 Å². The summed E-state index contributed by atoms with van der Waals surface area (Å²) in [6.45, 7) is 4.95. The molecule has 0 aliphatic heterocycles. The van der Waals surface area contributed by atoms with Crippen molar-refractivity contribution in [3.05, 3.63) is 24.0 Å². The molecule has 5 nitrogen and oxygen atoms in total. The van der Waals surface area contributed by atoms with Gasteiger partial charge in [-0.2, -0.15) is 0 Å². The molecule has 5 heteroatoms. The van der Waals surface area contributed by atoms with Crippen molar-refractivity contribution in [2.24, 2.45) is 16.8 Å². The minimum Gasteiger partial charge on any atom is -0.492 e. The van der Waals surface area contributed by atoms with E-state index in [9.17, 15) is 0 Å². The van der Waals surface area contributed by atoms with Gasteiger partial charge in [0, 0.05) is 0 Å². The molecule has 0 spiro atoms. The Labute approximate surface area is 94.9 Å². The van der Waals surface area contributed by atoms with Crippen molar-refractivity contribution in [3.63, 3.8) is 0 Å². The van der Waals surface area contributed by atoms with E-state index in [0.29, 0.717) is 24.0 Å². The van der Waals surface area contributed by atoms with Crippen LogP contribution in [-0.4, -0.2) is 22.6 Å². The molecule has 0 aliphatic rings. The molecule has 1 aromatic rings. The number of hydrogen-bond acceptors (Lipinski definition) is 4. The maximum absolute atomic E-state index is 8.45. The van der Waals surface area contributed by atoms with Crippen LogP contribution >= 0.6 is 0 Å². The number of hydrogen-bond donors (Lipinski definition) is 2. The SMILES string of the molecule is CC(C)CCOc1ccc(/C(N)=N/O)nc1. The maximum Gasteiger partial charge on any atom is 0.188 e. The Morgan fingerprint density at radius 3 is 2.81 bits per heavy atom. The van der Waals surface area contributed by atoms with Gasteiger partial charge in [0.25, 0.3) is 0 Å². The number of amidine groups is 1. The molecule has 0 unspecified atom stereocenters. The first-order chi connectivity index (χ1) is 7.63. The number of pyridine rings is 1. The summed E-state index contributed by atoms with van der Waals surface area (Å²) >= 11 is 0. The summed E-state index contributed by atoms with van der Waals surface area (Å²) in [4.78, 5) is 4.01. The van der Waals surface area contributed by atoms with E-state index in [1.54, 1.807) is 18.3 Å². The minimum atomic E-state index is -0.00581. The van der Waals surface area contributed by atoms with E-state index in [4.69, 9.17) is 15.7 Å². The summed E-state index contributed by atoms with van der Waals surface area (Å²) in [6, 6.07) is 3.40. The van der Waals surface area contributed by atoms with E-state index in [1.165, 1.54) is 0 Å². The quantitative estimate of drug-likeness (QED) is 0.344. The molecule has 1 rings (SSSR count). The first-order valence-electron chi connectivity index (χ1n) is 5.20. The van der Waals surface area contributed by atoms with Crippen LogP contribution in [0.1, 0.15) is 26.0 Å². The highest BCUT2D eigenvalue weighted by molar-refractivity contribution is 5.95. The van der Waals surface area contributed by atoms with Crippen LogP contribution in [0.25, 0.3) is 0 Å². The Morgan fingerprint density at radius 1 is 1.56 bits per heavy atom. The lowest BCUT2D eigenvalue weighted by molar-refractivity contribution is 0.288. The Kier molecular flexibility index (Phi) is 4.57. The second-order valence-corrected chi connectivity index (χ2v) is 3.90. The van der Waals surface area contributed by atoms with Crippen LogP contribution in [0.15, 0.2) is 23.5 Å². The number of nitrogens with two attached hydrogens (primary N) is 1. The largest absolute Gasteiger partial charge is 0.492 e. The lowest BCUT2D eigenvalue weighted by Crippen LogP contribution is -2.14. The van der Waals surface area contributed by atoms with E-state index >= 15 is 0 Å². The molecule has 1 aromatic heterocycles. The van der Waals surface area contributed by atoms with Crippen molar-refractivity contribution < 1.29 is 9.94 Å². The predicted molar refractivity (Wildman–Crippen MR) is 61.7 cm³/mol. The van der Waals surface area contributed by atoms with Crippen LogP contribution < -0.4 is 10.5 Å². The molecule has 0 fully saturated rings. The first kappa shape index (κ1) is 12.3.